The van der Waals surface area contributed by atoms with E-state index >= 15 is 0 Å². The maximum absolute atomic E-state index is 8.78. The Morgan fingerprint density at radius 2 is 2.06 bits per heavy atom. The Morgan fingerprint density at radius 3 is 2.72 bits per heavy atom. The molecule has 3 nitrogen and oxygen atoms in total. The molecule has 0 spiro atoms. The largest absolute Gasteiger partial charge is 0.491 e. The molecule has 0 bridgehead atoms. The number of hydrogen-bond acceptors (Lipinski definition) is 3. The van der Waals surface area contributed by atoms with Crippen molar-refractivity contribution in [2.75, 3.05) is 26.2 Å². The Kier molecular flexibility index (Phi) is 5.03. The summed E-state index contributed by atoms with van der Waals surface area (Å²) >= 11 is 3.42. The molecule has 0 radical (unpaired) electrons. The third-order valence-corrected chi connectivity index (χ3v) is 3.79. The molecule has 0 amide bonds. The molecule has 0 atom stereocenters. The van der Waals surface area contributed by atoms with Crippen LogP contribution in [0.1, 0.15) is 24.8 Å². The number of piperidine rings is 1. The van der Waals surface area contributed by atoms with Crippen LogP contribution in [0.3, 0.4) is 0 Å². The second-order valence-corrected chi connectivity index (χ2v) is 5.36. The van der Waals surface area contributed by atoms with E-state index in [4.69, 9.17) is 10.00 Å². The predicted molar refractivity (Wildman–Crippen MR) is 74.6 cm³/mol. The lowest BCUT2D eigenvalue weighted by molar-refractivity contribution is 0.183. The van der Waals surface area contributed by atoms with Crippen molar-refractivity contribution in [3.8, 4) is 11.8 Å². The lowest BCUT2D eigenvalue weighted by atomic mass is 10.1. The second kappa shape index (κ2) is 6.77. The molecule has 2 rings (SSSR count). The van der Waals surface area contributed by atoms with Crippen LogP contribution in [0.15, 0.2) is 22.7 Å². The van der Waals surface area contributed by atoms with Gasteiger partial charge in [-0.05, 0) is 60.1 Å². The summed E-state index contributed by atoms with van der Waals surface area (Å²) in [6.07, 6.45) is 3.97. The quantitative estimate of drug-likeness (QED) is 0.857. The van der Waals surface area contributed by atoms with Gasteiger partial charge in [0.15, 0.2) is 0 Å². The molecule has 1 aromatic carbocycles. The topological polar surface area (TPSA) is 36.3 Å². The van der Waals surface area contributed by atoms with Crippen LogP contribution in [0.5, 0.6) is 5.75 Å². The Balaban J connectivity index is 1.81. The first-order chi connectivity index (χ1) is 8.79. The van der Waals surface area contributed by atoms with Crippen molar-refractivity contribution in [1.29, 1.82) is 5.26 Å². The van der Waals surface area contributed by atoms with Crippen molar-refractivity contribution in [3.05, 3.63) is 28.2 Å². The molecular weight excluding hydrogens is 292 g/mol. The Morgan fingerprint density at radius 1 is 1.28 bits per heavy atom. The fourth-order valence-corrected chi connectivity index (χ4v) is 2.65. The molecule has 0 saturated carbocycles. The number of nitriles is 1. The lowest BCUT2D eigenvalue weighted by Crippen LogP contribution is -2.33. The number of ether oxygens (including phenoxy) is 1. The third kappa shape index (κ3) is 3.72. The van der Waals surface area contributed by atoms with Crippen molar-refractivity contribution in [2.24, 2.45) is 0 Å². The van der Waals surface area contributed by atoms with E-state index < -0.39 is 0 Å². The van der Waals surface area contributed by atoms with Gasteiger partial charge in [-0.3, -0.25) is 4.90 Å². The molecule has 96 valence electrons. The van der Waals surface area contributed by atoms with E-state index in [0.29, 0.717) is 12.2 Å². The third-order valence-electron chi connectivity index (χ3n) is 3.17. The molecule has 1 aliphatic rings. The summed E-state index contributed by atoms with van der Waals surface area (Å²) in [7, 11) is 0. The van der Waals surface area contributed by atoms with Gasteiger partial charge in [-0.15, -0.1) is 0 Å². The minimum absolute atomic E-state index is 0.644. The summed E-state index contributed by atoms with van der Waals surface area (Å²) in [4.78, 5) is 2.45. The lowest BCUT2D eigenvalue weighted by Gasteiger charge is -2.26. The molecule has 18 heavy (non-hydrogen) atoms. The van der Waals surface area contributed by atoms with Gasteiger partial charge in [0.25, 0.3) is 0 Å². The van der Waals surface area contributed by atoms with Gasteiger partial charge in [-0.2, -0.15) is 5.26 Å². The zero-order valence-electron chi connectivity index (χ0n) is 10.4. The molecule has 0 N–H and O–H groups in total. The summed E-state index contributed by atoms with van der Waals surface area (Å²) in [6.45, 7) is 4.06. The number of likely N-dealkylation sites (tertiary alicyclic amines) is 1. The monoisotopic (exact) mass is 308 g/mol. The number of nitrogens with zero attached hydrogens (tertiary/aromatic N) is 2. The number of benzene rings is 1. The van der Waals surface area contributed by atoms with Gasteiger partial charge in [0.1, 0.15) is 12.4 Å². The summed E-state index contributed by atoms with van der Waals surface area (Å²) < 4.78 is 6.59. The Bertz CT molecular complexity index is 436. The van der Waals surface area contributed by atoms with E-state index in [2.05, 4.69) is 26.9 Å². The average Bonchev–Trinajstić information content (AvgIpc) is 2.42. The first-order valence-corrected chi connectivity index (χ1v) is 7.14. The van der Waals surface area contributed by atoms with E-state index in [1.807, 2.05) is 6.07 Å². The van der Waals surface area contributed by atoms with Gasteiger partial charge in [-0.25, -0.2) is 0 Å². The van der Waals surface area contributed by atoms with Gasteiger partial charge in [0, 0.05) is 6.54 Å². The Labute approximate surface area is 116 Å². The zero-order valence-corrected chi connectivity index (χ0v) is 11.9. The maximum atomic E-state index is 8.78. The average molecular weight is 309 g/mol. The van der Waals surface area contributed by atoms with Crippen LogP contribution in [-0.4, -0.2) is 31.1 Å². The summed E-state index contributed by atoms with van der Waals surface area (Å²) in [5.74, 6) is 0.811. The van der Waals surface area contributed by atoms with Gasteiger partial charge in [-0.1, -0.05) is 6.42 Å². The fraction of sp³-hybridized carbons (Fsp3) is 0.500. The molecular formula is C14H17BrN2O. The molecule has 1 aliphatic heterocycles. The van der Waals surface area contributed by atoms with E-state index in [0.717, 1.165) is 16.8 Å². The van der Waals surface area contributed by atoms with E-state index in [1.54, 1.807) is 12.1 Å². The van der Waals surface area contributed by atoms with Gasteiger partial charge >= 0.3 is 0 Å². The molecule has 0 aliphatic carbocycles. The summed E-state index contributed by atoms with van der Waals surface area (Å²) in [5, 5.41) is 8.78. The smallest absolute Gasteiger partial charge is 0.133 e. The van der Waals surface area contributed by atoms with Crippen LogP contribution in [0, 0.1) is 11.3 Å². The maximum Gasteiger partial charge on any atom is 0.133 e. The molecule has 1 aromatic rings. The highest BCUT2D eigenvalue weighted by atomic mass is 79.9. The molecule has 1 fully saturated rings. The molecule has 0 unspecified atom stereocenters. The number of rotatable bonds is 4. The van der Waals surface area contributed by atoms with Gasteiger partial charge in [0.2, 0.25) is 0 Å². The number of hydrogen-bond donors (Lipinski definition) is 0. The van der Waals surface area contributed by atoms with Crippen molar-refractivity contribution in [1.82, 2.24) is 4.90 Å². The molecule has 4 heteroatoms. The molecule has 0 aromatic heterocycles. The second-order valence-electron chi connectivity index (χ2n) is 4.51. The number of halogens is 1. The highest BCUT2D eigenvalue weighted by molar-refractivity contribution is 9.10. The molecule has 1 heterocycles. The van der Waals surface area contributed by atoms with Crippen LogP contribution < -0.4 is 4.74 Å². The first-order valence-electron chi connectivity index (χ1n) is 6.34. The van der Waals surface area contributed by atoms with Crippen molar-refractivity contribution in [2.45, 2.75) is 19.3 Å². The SMILES string of the molecule is N#Cc1ccc(OCCN2CCCCC2)c(Br)c1. The van der Waals surface area contributed by atoms with E-state index in [-0.39, 0.29) is 0 Å². The standard InChI is InChI=1S/C14H17BrN2O/c15-13-10-12(11-16)4-5-14(13)18-9-8-17-6-2-1-3-7-17/h4-5,10H,1-3,6-9H2. The fourth-order valence-electron chi connectivity index (χ4n) is 2.16. The van der Waals surface area contributed by atoms with E-state index in [1.165, 1.54) is 32.4 Å². The van der Waals surface area contributed by atoms with Crippen LogP contribution in [0.4, 0.5) is 0 Å². The van der Waals surface area contributed by atoms with Crippen molar-refractivity contribution < 1.29 is 4.74 Å². The highest BCUT2D eigenvalue weighted by Crippen LogP contribution is 2.25. The van der Waals surface area contributed by atoms with Crippen LogP contribution in [0.2, 0.25) is 0 Å². The van der Waals surface area contributed by atoms with Crippen LogP contribution in [-0.2, 0) is 0 Å². The predicted octanol–water partition coefficient (Wildman–Crippen LogP) is 3.19. The minimum atomic E-state index is 0.644. The van der Waals surface area contributed by atoms with Gasteiger partial charge in [0.05, 0.1) is 16.1 Å². The highest BCUT2D eigenvalue weighted by Gasteiger charge is 2.10. The van der Waals surface area contributed by atoms with Crippen LogP contribution >= 0.6 is 15.9 Å². The Hall–Kier alpha value is -1.05. The van der Waals surface area contributed by atoms with Crippen molar-refractivity contribution in [3.63, 3.8) is 0 Å². The van der Waals surface area contributed by atoms with Gasteiger partial charge < -0.3 is 4.74 Å². The van der Waals surface area contributed by atoms with Crippen LogP contribution in [0.25, 0.3) is 0 Å². The van der Waals surface area contributed by atoms with Crippen molar-refractivity contribution >= 4 is 15.9 Å². The van der Waals surface area contributed by atoms with E-state index in [9.17, 15) is 0 Å². The molecule has 1 saturated heterocycles. The zero-order chi connectivity index (χ0) is 12.8. The summed E-state index contributed by atoms with van der Waals surface area (Å²) in [6, 6.07) is 7.52. The minimum Gasteiger partial charge on any atom is -0.491 e. The first kappa shape index (κ1) is 13.4. The normalized spacial score (nSPS) is 16.2. The summed E-state index contributed by atoms with van der Waals surface area (Å²) in [5.41, 5.74) is 0.644.